The van der Waals surface area contributed by atoms with Crippen LogP contribution in [-0.4, -0.2) is 29.6 Å². The minimum atomic E-state index is -1.32. The van der Waals surface area contributed by atoms with Gasteiger partial charge in [-0.2, -0.15) is 0 Å². The molecule has 1 aromatic rings. The third-order valence-corrected chi connectivity index (χ3v) is 6.11. The molecule has 0 heterocycles. The van der Waals surface area contributed by atoms with Gasteiger partial charge in [0.2, 0.25) is 5.91 Å². The van der Waals surface area contributed by atoms with E-state index in [2.05, 4.69) is 12.2 Å². The summed E-state index contributed by atoms with van der Waals surface area (Å²) in [5.41, 5.74) is -0.473. The number of nitrogens with one attached hydrogen (secondary N) is 1. The Hall–Kier alpha value is -2.04. The molecule has 0 aromatic heterocycles. The van der Waals surface area contributed by atoms with Crippen LogP contribution < -0.4 is 10.1 Å². The number of hydrogen-bond donors (Lipinski definition) is 2. The van der Waals surface area contributed by atoms with E-state index in [0.29, 0.717) is 6.42 Å². The normalized spacial score (nSPS) is 12.8. The molecule has 2 N–H and O–H groups in total. The summed E-state index contributed by atoms with van der Waals surface area (Å²) < 4.78 is 5.14. The fourth-order valence-electron chi connectivity index (χ4n) is 4.00. The van der Waals surface area contributed by atoms with Gasteiger partial charge in [-0.1, -0.05) is 96.1 Å². The zero-order valence-corrected chi connectivity index (χ0v) is 20.6. The standard InChI is InChI=1S/C27H45NO4/c1-4-5-6-7-8-9-10-11-12-13-14-15-16-17-25(29)28-27(2,26(30)31)22-23-18-20-24(32-3)21-19-23/h18-21H,4-17,22H2,1-3H3,(H,28,29)(H,30,31). The van der Waals surface area contributed by atoms with E-state index in [-0.39, 0.29) is 12.3 Å². The van der Waals surface area contributed by atoms with Crippen LogP contribution in [0.15, 0.2) is 24.3 Å². The SMILES string of the molecule is CCCCCCCCCCCCCCCC(=O)NC(C)(Cc1ccc(OC)cc1)C(=O)O. The van der Waals surface area contributed by atoms with Crippen molar-refractivity contribution in [1.82, 2.24) is 5.32 Å². The van der Waals surface area contributed by atoms with E-state index in [1.807, 2.05) is 12.1 Å². The topological polar surface area (TPSA) is 75.6 Å². The second-order valence-electron chi connectivity index (χ2n) is 9.20. The summed E-state index contributed by atoms with van der Waals surface area (Å²) in [7, 11) is 1.59. The highest BCUT2D eigenvalue weighted by Gasteiger charge is 2.34. The van der Waals surface area contributed by atoms with Crippen LogP contribution in [0.5, 0.6) is 5.75 Å². The zero-order valence-electron chi connectivity index (χ0n) is 20.6. The molecule has 182 valence electrons. The number of amides is 1. The minimum Gasteiger partial charge on any atom is -0.497 e. The van der Waals surface area contributed by atoms with Gasteiger partial charge >= 0.3 is 5.97 Å². The molecular formula is C27H45NO4. The number of hydrogen-bond acceptors (Lipinski definition) is 3. The van der Waals surface area contributed by atoms with Gasteiger partial charge in [-0.15, -0.1) is 0 Å². The summed E-state index contributed by atoms with van der Waals surface area (Å²) in [6, 6.07) is 7.26. The molecule has 0 radical (unpaired) electrons. The Morgan fingerprint density at radius 3 is 1.75 bits per heavy atom. The van der Waals surface area contributed by atoms with Crippen LogP contribution >= 0.6 is 0 Å². The van der Waals surface area contributed by atoms with Crippen LogP contribution in [0.3, 0.4) is 0 Å². The third-order valence-electron chi connectivity index (χ3n) is 6.11. The van der Waals surface area contributed by atoms with E-state index in [1.54, 1.807) is 26.2 Å². The highest BCUT2D eigenvalue weighted by atomic mass is 16.5. The molecule has 1 unspecified atom stereocenters. The number of benzene rings is 1. The molecule has 32 heavy (non-hydrogen) atoms. The molecule has 1 amide bonds. The molecule has 0 aliphatic carbocycles. The maximum atomic E-state index is 12.4. The van der Waals surface area contributed by atoms with E-state index in [1.165, 1.54) is 64.2 Å². The minimum absolute atomic E-state index is 0.188. The lowest BCUT2D eigenvalue weighted by Gasteiger charge is -2.26. The van der Waals surface area contributed by atoms with Crippen molar-refractivity contribution < 1.29 is 19.4 Å². The number of methoxy groups -OCH3 is 1. The van der Waals surface area contributed by atoms with Gasteiger partial charge < -0.3 is 15.2 Å². The highest BCUT2D eigenvalue weighted by Crippen LogP contribution is 2.18. The van der Waals surface area contributed by atoms with Gasteiger partial charge in [-0.25, -0.2) is 4.79 Å². The Balaban J connectivity index is 2.17. The van der Waals surface area contributed by atoms with Gasteiger partial charge in [0, 0.05) is 12.8 Å². The first-order valence-electron chi connectivity index (χ1n) is 12.6. The third kappa shape index (κ3) is 12.1. The van der Waals surface area contributed by atoms with Crippen molar-refractivity contribution in [3.8, 4) is 5.75 Å². The molecule has 1 atom stereocenters. The summed E-state index contributed by atoms with van der Waals surface area (Å²) >= 11 is 0. The number of carboxylic acids is 1. The van der Waals surface area contributed by atoms with Gasteiger partial charge in [-0.3, -0.25) is 4.79 Å². The van der Waals surface area contributed by atoms with E-state index in [9.17, 15) is 14.7 Å². The van der Waals surface area contributed by atoms with Crippen LogP contribution in [0.2, 0.25) is 0 Å². The first-order valence-corrected chi connectivity index (χ1v) is 12.6. The highest BCUT2D eigenvalue weighted by molar-refractivity contribution is 5.86. The first-order chi connectivity index (χ1) is 15.4. The zero-order chi connectivity index (χ0) is 23.7. The van der Waals surface area contributed by atoms with Crippen LogP contribution in [0, 0.1) is 0 Å². The maximum Gasteiger partial charge on any atom is 0.329 e. The Kier molecular flexibility index (Phi) is 14.5. The molecule has 5 heteroatoms. The lowest BCUT2D eigenvalue weighted by Crippen LogP contribution is -2.53. The second-order valence-corrected chi connectivity index (χ2v) is 9.20. The average molecular weight is 448 g/mol. The summed E-state index contributed by atoms with van der Waals surface area (Å²) in [6.07, 6.45) is 16.9. The van der Waals surface area contributed by atoms with Crippen molar-refractivity contribution in [2.24, 2.45) is 0 Å². The van der Waals surface area contributed by atoms with E-state index in [4.69, 9.17) is 4.74 Å². The second kappa shape index (κ2) is 16.6. The van der Waals surface area contributed by atoms with E-state index in [0.717, 1.165) is 30.6 Å². The van der Waals surface area contributed by atoms with Crippen LogP contribution in [0.4, 0.5) is 0 Å². The summed E-state index contributed by atoms with van der Waals surface area (Å²) in [5, 5.41) is 12.4. The molecule has 1 aromatic carbocycles. The number of carbonyl (C=O) groups excluding carboxylic acids is 1. The molecule has 0 spiro atoms. The average Bonchev–Trinajstić information content (AvgIpc) is 2.77. The van der Waals surface area contributed by atoms with Crippen LogP contribution in [0.25, 0.3) is 0 Å². The lowest BCUT2D eigenvalue weighted by atomic mass is 9.92. The van der Waals surface area contributed by atoms with Gasteiger partial charge in [0.15, 0.2) is 0 Å². The number of carboxylic acid groups (broad SMARTS) is 1. The number of aliphatic carboxylic acids is 1. The van der Waals surface area contributed by atoms with Gasteiger partial charge in [0.1, 0.15) is 11.3 Å². The predicted molar refractivity (Wildman–Crippen MR) is 131 cm³/mol. The van der Waals surface area contributed by atoms with Crippen molar-refractivity contribution in [2.45, 2.75) is 116 Å². The molecular weight excluding hydrogens is 402 g/mol. The van der Waals surface area contributed by atoms with Gasteiger partial charge in [0.25, 0.3) is 0 Å². The number of rotatable bonds is 19. The molecule has 0 bridgehead atoms. The van der Waals surface area contributed by atoms with Crippen molar-refractivity contribution in [1.29, 1.82) is 0 Å². The fraction of sp³-hybridized carbons (Fsp3) is 0.704. The van der Waals surface area contributed by atoms with E-state index >= 15 is 0 Å². The predicted octanol–water partition coefficient (Wildman–Crippen LogP) is 6.68. The molecule has 0 saturated carbocycles. The number of unbranched alkanes of at least 4 members (excludes halogenated alkanes) is 12. The Morgan fingerprint density at radius 1 is 0.844 bits per heavy atom. The monoisotopic (exact) mass is 447 g/mol. The fourth-order valence-corrected chi connectivity index (χ4v) is 4.00. The molecule has 0 saturated heterocycles. The summed E-state index contributed by atoms with van der Waals surface area (Å²) in [4.78, 5) is 24.2. The largest absolute Gasteiger partial charge is 0.497 e. The maximum absolute atomic E-state index is 12.4. The van der Waals surface area contributed by atoms with Crippen molar-refractivity contribution >= 4 is 11.9 Å². The molecule has 0 fully saturated rings. The number of carbonyl (C=O) groups is 2. The first kappa shape index (κ1) is 28.0. The van der Waals surface area contributed by atoms with Crippen molar-refractivity contribution in [2.75, 3.05) is 7.11 Å². The lowest BCUT2D eigenvalue weighted by molar-refractivity contribution is -0.146. The summed E-state index contributed by atoms with van der Waals surface area (Å²) in [5.74, 6) is -0.490. The van der Waals surface area contributed by atoms with Crippen molar-refractivity contribution in [3.63, 3.8) is 0 Å². The molecule has 0 aliphatic rings. The quantitative estimate of drug-likeness (QED) is 0.232. The Bertz CT molecular complexity index is 644. The van der Waals surface area contributed by atoms with Gasteiger partial charge in [0.05, 0.1) is 7.11 Å². The van der Waals surface area contributed by atoms with E-state index < -0.39 is 11.5 Å². The summed E-state index contributed by atoms with van der Waals surface area (Å²) in [6.45, 7) is 3.82. The Morgan fingerprint density at radius 2 is 1.31 bits per heavy atom. The molecule has 5 nitrogen and oxygen atoms in total. The van der Waals surface area contributed by atoms with Crippen LogP contribution in [0.1, 0.15) is 109 Å². The van der Waals surface area contributed by atoms with Crippen LogP contribution in [-0.2, 0) is 16.0 Å². The Labute approximate surface area is 195 Å². The van der Waals surface area contributed by atoms with Crippen molar-refractivity contribution in [3.05, 3.63) is 29.8 Å². The molecule has 0 aliphatic heterocycles. The van der Waals surface area contributed by atoms with Gasteiger partial charge in [-0.05, 0) is 31.0 Å². The molecule has 1 rings (SSSR count). The number of ether oxygens (including phenoxy) is 1. The smallest absolute Gasteiger partial charge is 0.329 e.